The summed E-state index contributed by atoms with van der Waals surface area (Å²) in [7, 11) is 6.14. The number of carbonyl (C=O) groups excluding carboxylic acids is 2. The lowest BCUT2D eigenvalue weighted by Crippen LogP contribution is -2.54. The highest BCUT2D eigenvalue weighted by Crippen LogP contribution is 2.40. The number of para-hydroxylation sites is 1. The van der Waals surface area contributed by atoms with Gasteiger partial charge in [-0.3, -0.25) is 14.4 Å². The first-order valence-electron chi connectivity index (χ1n) is 12.3. The van der Waals surface area contributed by atoms with Crippen LogP contribution in [0.4, 0.5) is 0 Å². The zero-order chi connectivity index (χ0) is 25.9. The molecule has 0 saturated heterocycles. The second-order valence-corrected chi connectivity index (χ2v) is 10.9. The first-order chi connectivity index (χ1) is 17.1. The summed E-state index contributed by atoms with van der Waals surface area (Å²) in [6, 6.07) is 14.7. The lowest BCUT2D eigenvalue weighted by Gasteiger charge is -2.29. The maximum absolute atomic E-state index is 13.7. The smallest absolute Gasteiger partial charge is 0.304 e. The van der Waals surface area contributed by atoms with Crippen LogP contribution in [0, 0.1) is 5.41 Å². The third-order valence-corrected chi connectivity index (χ3v) is 6.95. The largest absolute Gasteiger partial charge is 0.481 e. The highest BCUT2D eigenvalue weighted by atomic mass is 16.4. The number of aromatic amines is 1. The molecule has 8 nitrogen and oxygen atoms in total. The zero-order valence-corrected chi connectivity index (χ0v) is 21.1. The number of aliphatic carboxylic acids is 1. The second-order valence-electron chi connectivity index (χ2n) is 10.9. The predicted molar refractivity (Wildman–Crippen MR) is 138 cm³/mol. The molecule has 1 unspecified atom stereocenters. The van der Waals surface area contributed by atoms with Crippen LogP contribution < -0.4 is 10.6 Å². The Labute approximate surface area is 211 Å². The number of quaternary nitrogens is 1. The van der Waals surface area contributed by atoms with E-state index in [0.717, 1.165) is 34.1 Å². The van der Waals surface area contributed by atoms with Gasteiger partial charge in [-0.05, 0) is 35.6 Å². The molecule has 1 heterocycles. The highest BCUT2D eigenvalue weighted by molar-refractivity contribution is 5.93. The first-order valence-corrected chi connectivity index (χ1v) is 12.3. The van der Waals surface area contributed by atoms with Gasteiger partial charge in [0.15, 0.2) is 0 Å². The molecule has 1 atom stereocenters. The summed E-state index contributed by atoms with van der Waals surface area (Å²) >= 11 is 0. The van der Waals surface area contributed by atoms with Crippen molar-refractivity contribution in [3.05, 3.63) is 71.4 Å². The second kappa shape index (κ2) is 10.1. The van der Waals surface area contributed by atoms with Crippen LogP contribution >= 0.6 is 0 Å². The first kappa shape index (κ1) is 25.4. The van der Waals surface area contributed by atoms with Crippen molar-refractivity contribution < 1.29 is 24.0 Å². The van der Waals surface area contributed by atoms with Crippen molar-refractivity contribution in [2.24, 2.45) is 5.41 Å². The van der Waals surface area contributed by atoms with Crippen molar-refractivity contribution >= 4 is 28.7 Å². The molecule has 190 valence electrons. The normalized spacial score (nSPS) is 15.3. The quantitative estimate of drug-likeness (QED) is 0.326. The number of H-pyrrole nitrogens is 1. The van der Waals surface area contributed by atoms with Crippen LogP contribution in [0.25, 0.3) is 10.9 Å². The number of benzene rings is 2. The summed E-state index contributed by atoms with van der Waals surface area (Å²) < 4.78 is 0.694. The standard InChI is InChI=1S/C28H34N4O4/c1-32(2,3)13-12-29-26(35)24(14-21-18-30-23-11-7-6-10-22(21)23)31-27(36)28(17-25(33)34)15-19-8-4-5-9-20(19)16-28/h4-11,18,24,30H,12-17H2,1-3H3,(H2-,29,31,33,34,35,36)/p+1. The van der Waals surface area contributed by atoms with Crippen LogP contribution in [0.15, 0.2) is 54.7 Å². The number of amides is 2. The fourth-order valence-corrected chi connectivity index (χ4v) is 5.03. The van der Waals surface area contributed by atoms with Crippen LogP contribution in [-0.4, -0.2) is 72.6 Å². The summed E-state index contributed by atoms with van der Waals surface area (Å²) in [6.45, 7) is 1.20. The number of aromatic nitrogens is 1. The minimum absolute atomic E-state index is 0.275. The predicted octanol–water partition coefficient (Wildman–Crippen LogP) is 2.28. The molecule has 1 aliphatic rings. The average molecular weight is 492 g/mol. The highest BCUT2D eigenvalue weighted by Gasteiger charge is 2.46. The number of carbonyl (C=O) groups is 3. The molecule has 8 heteroatoms. The zero-order valence-electron chi connectivity index (χ0n) is 21.1. The minimum Gasteiger partial charge on any atom is -0.481 e. The Kier molecular flexibility index (Phi) is 7.17. The number of carboxylic acid groups (broad SMARTS) is 1. The van der Waals surface area contributed by atoms with Gasteiger partial charge in [-0.15, -0.1) is 0 Å². The lowest BCUT2D eigenvalue weighted by molar-refractivity contribution is -0.869. The third-order valence-electron chi connectivity index (χ3n) is 6.95. The summed E-state index contributed by atoms with van der Waals surface area (Å²) in [5, 5.41) is 16.6. The van der Waals surface area contributed by atoms with Crippen molar-refractivity contribution in [1.29, 1.82) is 0 Å². The number of carboxylic acids is 1. The molecule has 0 saturated carbocycles. The van der Waals surface area contributed by atoms with Crippen LogP contribution in [0.5, 0.6) is 0 Å². The molecule has 3 aromatic rings. The number of nitrogens with zero attached hydrogens (tertiary/aromatic N) is 1. The fourth-order valence-electron chi connectivity index (χ4n) is 5.03. The number of likely N-dealkylation sites (N-methyl/N-ethyl adjacent to an activating group) is 1. The minimum atomic E-state index is -1.13. The fraction of sp³-hybridized carbons (Fsp3) is 0.393. The van der Waals surface area contributed by atoms with Gasteiger partial charge in [0.05, 0.1) is 46.1 Å². The molecule has 2 aromatic carbocycles. The number of hydrogen-bond donors (Lipinski definition) is 4. The van der Waals surface area contributed by atoms with E-state index in [9.17, 15) is 19.5 Å². The molecule has 4 N–H and O–H groups in total. The molecule has 36 heavy (non-hydrogen) atoms. The summed E-state index contributed by atoms with van der Waals surface area (Å²) in [4.78, 5) is 42.1. The monoisotopic (exact) mass is 491 g/mol. The van der Waals surface area contributed by atoms with Crippen LogP contribution in [-0.2, 0) is 33.6 Å². The van der Waals surface area contributed by atoms with E-state index in [-0.39, 0.29) is 12.3 Å². The molecule has 4 rings (SSSR count). The Morgan fingerprint density at radius 3 is 2.31 bits per heavy atom. The van der Waals surface area contributed by atoms with Gasteiger partial charge < -0.3 is 25.2 Å². The molecule has 0 radical (unpaired) electrons. The van der Waals surface area contributed by atoms with Crippen molar-refractivity contribution in [2.75, 3.05) is 34.2 Å². The van der Waals surface area contributed by atoms with Crippen molar-refractivity contribution in [3.63, 3.8) is 0 Å². The van der Waals surface area contributed by atoms with Gasteiger partial charge in [-0.2, -0.15) is 0 Å². The Balaban J connectivity index is 1.58. The van der Waals surface area contributed by atoms with Gasteiger partial charge in [-0.1, -0.05) is 42.5 Å². The van der Waals surface area contributed by atoms with E-state index < -0.39 is 23.3 Å². The molecular weight excluding hydrogens is 456 g/mol. The molecule has 1 aliphatic carbocycles. The van der Waals surface area contributed by atoms with E-state index in [2.05, 4.69) is 15.6 Å². The number of rotatable bonds is 10. The van der Waals surface area contributed by atoms with Gasteiger partial charge in [0.1, 0.15) is 6.04 Å². The number of fused-ring (bicyclic) bond motifs is 2. The molecule has 0 aliphatic heterocycles. The summed E-state index contributed by atoms with van der Waals surface area (Å²) in [5.74, 6) is -1.70. The lowest BCUT2D eigenvalue weighted by atomic mass is 9.80. The molecule has 1 aromatic heterocycles. The average Bonchev–Trinajstić information content (AvgIpc) is 3.39. The number of nitrogens with one attached hydrogen (secondary N) is 3. The van der Waals surface area contributed by atoms with E-state index >= 15 is 0 Å². The topological polar surface area (TPSA) is 111 Å². The number of hydrogen-bond acceptors (Lipinski definition) is 3. The van der Waals surface area contributed by atoms with Gasteiger partial charge >= 0.3 is 5.97 Å². The molecule has 0 bridgehead atoms. The maximum Gasteiger partial charge on any atom is 0.304 e. The van der Waals surface area contributed by atoms with Crippen molar-refractivity contribution in [2.45, 2.75) is 31.7 Å². The van der Waals surface area contributed by atoms with Crippen LogP contribution in [0.1, 0.15) is 23.1 Å². The Bertz CT molecular complexity index is 1250. The Morgan fingerprint density at radius 2 is 1.67 bits per heavy atom. The molecular formula is C28H35N4O4+. The van der Waals surface area contributed by atoms with E-state index in [1.54, 1.807) is 0 Å². The maximum atomic E-state index is 13.7. The van der Waals surface area contributed by atoms with Crippen LogP contribution in [0.2, 0.25) is 0 Å². The third kappa shape index (κ3) is 5.76. The molecule has 2 amide bonds. The van der Waals surface area contributed by atoms with Crippen molar-refractivity contribution in [3.8, 4) is 0 Å². The molecule has 0 spiro atoms. The molecule has 0 fully saturated rings. The summed E-state index contributed by atoms with van der Waals surface area (Å²) in [6.07, 6.45) is 2.54. The van der Waals surface area contributed by atoms with Crippen LogP contribution in [0.3, 0.4) is 0 Å². The van der Waals surface area contributed by atoms with E-state index in [4.69, 9.17) is 0 Å². The Hall–Kier alpha value is -3.65. The SMILES string of the molecule is C[N+](C)(C)CCNC(=O)C(Cc1c[nH]c2ccccc12)NC(=O)C1(CC(=O)O)Cc2ccccc2C1. The van der Waals surface area contributed by atoms with Gasteiger partial charge in [0.25, 0.3) is 0 Å². The Morgan fingerprint density at radius 1 is 1.03 bits per heavy atom. The van der Waals surface area contributed by atoms with Gasteiger partial charge in [-0.25, -0.2) is 0 Å². The van der Waals surface area contributed by atoms with Crippen molar-refractivity contribution in [1.82, 2.24) is 15.6 Å². The van der Waals surface area contributed by atoms with E-state index in [1.807, 2.05) is 75.9 Å². The summed E-state index contributed by atoms with van der Waals surface area (Å²) in [5.41, 5.74) is 2.71. The van der Waals surface area contributed by atoms with Gasteiger partial charge in [0.2, 0.25) is 11.8 Å². The van der Waals surface area contributed by atoms with E-state index in [0.29, 0.717) is 30.3 Å². The van der Waals surface area contributed by atoms with E-state index in [1.165, 1.54) is 0 Å². The van der Waals surface area contributed by atoms with Gasteiger partial charge in [0, 0.05) is 23.5 Å².